The molecule has 0 atom stereocenters. The van der Waals surface area contributed by atoms with Gasteiger partial charge in [-0.15, -0.1) is 0 Å². The summed E-state index contributed by atoms with van der Waals surface area (Å²) in [5.74, 6) is 0. The second-order valence-electron chi connectivity index (χ2n) is 2.59. The van der Waals surface area contributed by atoms with Gasteiger partial charge >= 0.3 is 26.7 Å². The largest absolute Gasteiger partial charge is 2.00 e. The summed E-state index contributed by atoms with van der Waals surface area (Å²) in [6, 6.07) is 0. The second-order valence-corrected chi connectivity index (χ2v) is 2.59. The molecule has 0 spiro atoms. The van der Waals surface area contributed by atoms with Crippen LogP contribution in [0.25, 0.3) is 0 Å². The van der Waals surface area contributed by atoms with Gasteiger partial charge in [-0.05, 0) is 51.4 Å². The summed E-state index contributed by atoms with van der Waals surface area (Å²) in [4.78, 5) is 0. The Morgan fingerprint density at radius 2 is 0.786 bits per heavy atom. The minimum absolute atomic E-state index is 0. The van der Waals surface area contributed by atoms with Crippen LogP contribution in [0, 0.1) is 25.7 Å². The van der Waals surface area contributed by atoms with E-state index in [2.05, 4.69) is 25.7 Å². The molecule has 1 saturated carbocycles. The molecule has 0 aliphatic heterocycles. The van der Waals surface area contributed by atoms with E-state index in [0.29, 0.717) is 0 Å². The molecule has 0 nitrogen and oxygen atoms in total. The minimum atomic E-state index is -6.00. The molecular formula is C8H12BF4Rh+. The van der Waals surface area contributed by atoms with E-state index in [0.717, 1.165) is 0 Å². The van der Waals surface area contributed by atoms with Gasteiger partial charge in [0.1, 0.15) is 0 Å². The van der Waals surface area contributed by atoms with Crippen LogP contribution in [-0.2, 0) is 19.5 Å². The summed E-state index contributed by atoms with van der Waals surface area (Å²) < 4.78 is 39.0. The average Bonchev–Trinajstić information content (AvgIpc) is 1.79. The van der Waals surface area contributed by atoms with Gasteiger partial charge in [0.2, 0.25) is 0 Å². The van der Waals surface area contributed by atoms with Crippen LogP contribution in [0.2, 0.25) is 0 Å². The minimum Gasteiger partial charge on any atom is -0.418 e. The Morgan fingerprint density at radius 3 is 0.929 bits per heavy atom. The Balaban J connectivity index is 0. The molecule has 0 aromatic heterocycles. The Labute approximate surface area is 95.7 Å². The zero-order chi connectivity index (χ0) is 10.2. The first-order valence-electron chi connectivity index (χ1n) is 4.17. The van der Waals surface area contributed by atoms with E-state index in [9.17, 15) is 17.3 Å². The molecule has 0 N–H and O–H groups in total. The Morgan fingerprint density at radius 1 is 0.643 bits per heavy atom. The van der Waals surface area contributed by atoms with Crippen molar-refractivity contribution in [2.45, 2.75) is 25.7 Å². The molecule has 83 valence electrons. The molecule has 0 bridgehead atoms. The molecule has 0 saturated heterocycles. The number of rotatable bonds is 0. The smallest absolute Gasteiger partial charge is 0.418 e. The molecule has 1 aliphatic rings. The zero-order valence-corrected chi connectivity index (χ0v) is 9.20. The van der Waals surface area contributed by atoms with Gasteiger partial charge in [0.25, 0.3) is 0 Å². The van der Waals surface area contributed by atoms with Crippen LogP contribution in [0.3, 0.4) is 0 Å². The van der Waals surface area contributed by atoms with Gasteiger partial charge < -0.3 is 17.3 Å². The fourth-order valence-electron chi connectivity index (χ4n) is 0.856. The van der Waals surface area contributed by atoms with Crippen LogP contribution in [0.4, 0.5) is 17.3 Å². The third-order valence-electron chi connectivity index (χ3n) is 1.33. The molecule has 0 heterocycles. The SMILES string of the molecule is F[B-](F)(F)F.[CH]1[CH]CC[CH][CH]CC1.[Rh+2]. The summed E-state index contributed by atoms with van der Waals surface area (Å²) in [7, 11) is -6.00. The molecule has 0 unspecified atom stereocenters. The van der Waals surface area contributed by atoms with Crippen molar-refractivity contribution in [3.05, 3.63) is 25.7 Å². The van der Waals surface area contributed by atoms with Gasteiger partial charge in [-0.2, -0.15) is 0 Å². The second kappa shape index (κ2) is 9.94. The van der Waals surface area contributed by atoms with Crippen molar-refractivity contribution in [3.8, 4) is 0 Å². The van der Waals surface area contributed by atoms with Gasteiger partial charge in [0, 0.05) is 0 Å². The van der Waals surface area contributed by atoms with E-state index in [1.807, 2.05) is 0 Å². The molecule has 1 fully saturated rings. The van der Waals surface area contributed by atoms with Gasteiger partial charge in [-0.25, -0.2) is 0 Å². The van der Waals surface area contributed by atoms with Crippen molar-refractivity contribution in [2.24, 2.45) is 0 Å². The van der Waals surface area contributed by atoms with Crippen LogP contribution in [0.5, 0.6) is 0 Å². The first-order chi connectivity index (χ1) is 6.00. The van der Waals surface area contributed by atoms with Crippen molar-refractivity contribution >= 4 is 7.25 Å². The predicted octanol–water partition coefficient (Wildman–Crippen LogP) is 3.68. The third kappa shape index (κ3) is 22.8. The van der Waals surface area contributed by atoms with Crippen molar-refractivity contribution < 1.29 is 36.7 Å². The molecule has 14 heavy (non-hydrogen) atoms. The summed E-state index contributed by atoms with van der Waals surface area (Å²) in [6.45, 7) is 0. The number of hydrogen-bond donors (Lipinski definition) is 0. The van der Waals surface area contributed by atoms with Crippen LogP contribution < -0.4 is 0 Å². The summed E-state index contributed by atoms with van der Waals surface area (Å²) in [5.41, 5.74) is 0. The molecule has 5 radical (unpaired) electrons. The maximum absolute atomic E-state index is 9.75. The topological polar surface area (TPSA) is 0 Å². The molecule has 6 heteroatoms. The maximum Gasteiger partial charge on any atom is 2.00 e. The van der Waals surface area contributed by atoms with E-state index in [-0.39, 0.29) is 19.5 Å². The monoisotopic (exact) mass is 298 g/mol. The van der Waals surface area contributed by atoms with E-state index >= 15 is 0 Å². The van der Waals surface area contributed by atoms with Crippen LogP contribution in [0.15, 0.2) is 0 Å². The van der Waals surface area contributed by atoms with E-state index < -0.39 is 7.25 Å². The molecule has 0 aromatic rings. The molecule has 0 aromatic carbocycles. The number of halogens is 4. The molecule has 1 rings (SSSR count). The van der Waals surface area contributed by atoms with Crippen LogP contribution in [0.1, 0.15) is 25.7 Å². The summed E-state index contributed by atoms with van der Waals surface area (Å²) in [6.07, 6.45) is 14.0. The first kappa shape index (κ1) is 16.8. The van der Waals surface area contributed by atoms with E-state index in [1.165, 1.54) is 25.7 Å². The van der Waals surface area contributed by atoms with E-state index in [4.69, 9.17) is 0 Å². The Kier molecular flexibility index (Phi) is 12.0. The van der Waals surface area contributed by atoms with Gasteiger partial charge in [0.15, 0.2) is 0 Å². The van der Waals surface area contributed by atoms with Gasteiger partial charge in [0.05, 0.1) is 0 Å². The maximum atomic E-state index is 9.75. The Bertz CT molecular complexity index is 88.4. The summed E-state index contributed by atoms with van der Waals surface area (Å²) in [5, 5.41) is 0. The van der Waals surface area contributed by atoms with Crippen LogP contribution in [-0.4, -0.2) is 7.25 Å². The molecular weight excluding hydrogens is 286 g/mol. The molecule has 1 aliphatic carbocycles. The van der Waals surface area contributed by atoms with Crippen molar-refractivity contribution in [2.75, 3.05) is 0 Å². The first-order valence-corrected chi connectivity index (χ1v) is 4.17. The van der Waals surface area contributed by atoms with E-state index in [1.54, 1.807) is 0 Å². The van der Waals surface area contributed by atoms with Crippen molar-refractivity contribution in [3.63, 3.8) is 0 Å². The Hall–Kier alpha value is 0.408. The average molecular weight is 298 g/mol. The van der Waals surface area contributed by atoms with Crippen LogP contribution >= 0.6 is 0 Å². The standard InChI is InChI=1S/C8H12.BF4.Rh/c1-2-4-6-8-7-5-3-1;2-1(3,4)5;/h1-2,7-8H,3-6H2;;/q;-1;+2. The molecule has 0 amide bonds. The fourth-order valence-corrected chi connectivity index (χ4v) is 0.856. The third-order valence-corrected chi connectivity index (χ3v) is 1.33. The van der Waals surface area contributed by atoms with Gasteiger partial charge in [-0.3, -0.25) is 0 Å². The zero-order valence-electron chi connectivity index (χ0n) is 7.56. The number of hydrogen-bond acceptors (Lipinski definition) is 0. The van der Waals surface area contributed by atoms with Crippen molar-refractivity contribution in [1.29, 1.82) is 0 Å². The summed E-state index contributed by atoms with van der Waals surface area (Å²) >= 11 is 0. The fraction of sp³-hybridized carbons (Fsp3) is 0.500. The van der Waals surface area contributed by atoms with Gasteiger partial charge in [-0.1, -0.05) is 0 Å². The van der Waals surface area contributed by atoms with Crippen molar-refractivity contribution in [1.82, 2.24) is 0 Å². The predicted molar refractivity (Wildman–Crippen MR) is 45.9 cm³/mol. The quantitative estimate of drug-likeness (QED) is 0.473. The normalized spacial score (nSPS) is 18.0.